The van der Waals surface area contributed by atoms with Crippen molar-refractivity contribution in [1.82, 2.24) is 4.90 Å². The van der Waals surface area contributed by atoms with Crippen molar-refractivity contribution in [3.05, 3.63) is 47.5 Å². The Kier molecular flexibility index (Phi) is 16.9. The number of methoxy groups -OCH3 is 4. The van der Waals surface area contributed by atoms with Crippen LogP contribution in [0.15, 0.2) is 36.4 Å². The number of benzene rings is 2. The van der Waals surface area contributed by atoms with Crippen molar-refractivity contribution >= 4 is 0 Å². The molecule has 42 heavy (non-hydrogen) atoms. The smallest absolute Gasteiger partial charge is 0.203 e. The molecular weight excluding hydrogens is 524 g/mol. The molecule has 0 heterocycles. The molecule has 1 unspecified atom stereocenters. The van der Waals surface area contributed by atoms with Gasteiger partial charge in [-0.2, -0.15) is 5.26 Å². The Morgan fingerprint density at radius 1 is 0.714 bits per heavy atom. The molecule has 0 aliphatic rings. The average molecular weight is 581 g/mol. The molecule has 0 bridgehead atoms. The Balaban J connectivity index is 2.05. The highest BCUT2D eigenvalue weighted by Crippen LogP contribution is 2.44. The number of rotatable bonds is 23. The zero-order valence-electron chi connectivity index (χ0n) is 27.3. The fourth-order valence-electron chi connectivity index (χ4n) is 5.77. The lowest BCUT2D eigenvalue weighted by Crippen LogP contribution is -2.28. The van der Waals surface area contributed by atoms with E-state index in [1.807, 2.05) is 24.3 Å². The number of unbranched alkanes of at least 4 members (excludes halogenated alkanes) is 9. The first-order valence-corrected chi connectivity index (χ1v) is 16.0. The lowest BCUT2D eigenvalue weighted by molar-refractivity contribution is 0.306. The zero-order chi connectivity index (χ0) is 30.6. The maximum atomic E-state index is 10.7. The van der Waals surface area contributed by atoms with E-state index < -0.39 is 5.41 Å². The minimum Gasteiger partial charge on any atom is -0.497 e. The van der Waals surface area contributed by atoms with Crippen molar-refractivity contribution in [3.8, 4) is 29.1 Å². The minimum absolute atomic E-state index is 0.562. The molecule has 2 aromatic rings. The predicted molar refractivity (Wildman–Crippen MR) is 173 cm³/mol. The maximum Gasteiger partial charge on any atom is 0.203 e. The monoisotopic (exact) mass is 580 g/mol. The number of nitriles is 1. The quantitative estimate of drug-likeness (QED) is 0.122. The average Bonchev–Trinajstić information content (AvgIpc) is 3.03. The van der Waals surface area contributed by atoms with E-state index in [0.717, 1.165) is 62.9 Å². The fourth-order valence-corrected chi connectivity index (χ4v) is 5.77. The number of nitrogens with zero attached hydrogens (tertiary/aromatic N) is 2. The van der Waals surface area contributed by atoms with Crippen LogP contribution in [0, 0.1) is 11.3 Å². The van der Waals surface area contributed by atoms with Gasteiger partial charge < -0.3 is 23.8 Å². The summed E-state index contributed by atoms with van der Waals surface area (Å²) in [7, 11) is 8.75. The molecule has 0 N–H and O–H groups in total. The molecule has 2 rings (SSSR count). The third-order valence-corrected chi connectivity index (χ3v) is 8.45. The lowest BCUT2D eigenvalue weighted by atomic mass is 9.73. The topological polar surface area (TPSA) is 64.0 Å². The van der Waals surface area contributed by atoms with E-state index in [0.29, 0.717) is 17.2 Å². The largest absolute Gasteiger partial charge is 0.497 e. The van der Waals surface area contributed by atoms with Crippen LogP contribution in [0.25, 0.3) is 0 Å². The van der Waals surface area contributed by atoms with Crippen LogP contribution in [0.1, 0.15) is 102 Å². The highest BCUT2D eigenvalue weighted by molar-refractivity contribution is 5.56. The summed E-state index contributed by atoms with van der Waals surface area (Å²) in [5, 5.41) is 10.7. The van der Waals surface area contributed by atoms with Crippen LogP contribution >= 0.6 is 0 Å². The first-order chi connectivity index (χ1) is 20.5. The molecule has 6 heteroatoms. The molecule has 0 radical (unpaired) electrons. The predicted octanol–water partition coefficient (Wildman–Crippen LogP) is 8.75. The maximum absolute atomic E-state index is 10.7. The number of ether oxygens (including phenoxy) is 4. The van der Waals surface area contributed by atoms with Crippen LogP contribution < -0.4 is 18.9 Å². The van der Waals surface area contributed by atoms with E-state index in [-0.39, 0.29) is 0 Å². The van der Waals surface area contributed by atoms with E-state index in [2.05, 4.69) is 37.1 Å². The van der Waals surface area contributed by atoms with Gasteiger partial charge in [0, 0.05) is 6.54 Å². The van der Waals surface area contributed by atoms with E-state index in [4.69, 9.17) is 18.9 Å². The molecule has 0 aliphatic heterocycles. The van der Waals surface area contributed by atoms with Gasteiger partial charge in [-0.1, -0.05) is 83.3 Å². The number of hydrogen-bond acceptors (Lipinski definition) is 6. The Hall–Kier alpha value is -2.91. The molecule has 0 amide bonds. The zero-order valence-corrected chi connectivity index (χ0v) is 27.3. The summed E-state index contributed by atoms with van der Waals surface area (Å²) in [6.45, 7) is 4.15. The van der Waals surface area contributed by atoms with Gasteiger partial charge in [0.2, 0.25) is 5.75 Å². The first-order valence-electron chi connectivity index (χ1n) is 16.0. The second-order valence-corrected chi connectivity index (χ2v) is 11.5. The molecule has 0 saturated carbocycles. The third-order valence-electron chi connectivity index (χ3n) is 8.45. The molecule has 2 aromatic carbocycles. The SMILES string of the molecule is CCCCCCCCCCCCC(C#N)(CCCN(C)CCc1cccc(OC)c1)c1cc(OC)c(OC)c(OC)c1. The van der Waals surface area contributed by atoms with E-state index >= 15 is 0 Å². The van der Waals surface area contributed by atoms with E-state index in [1.54, 1.807) is 28.4 Å². The van der Waals surface area contributed by atoms with Crippen LogP contribution in [0.4, 0.5) is 0 Å². The van der Waals surface area contributed by atoms with Crippen LogP contribution in [0.2, 0.25) is 0 Å². The molecule has 0 aromatic heterocycles. The number of hydrogen-bond donors (Lipinski definition) is 0. The van der Waals surface area contributed by atoms with Gasteiger partial charge >= 0.3 is 0 Å². The third kappa shape index (κ3) is 11.4. The Morgan fingerprint density at radius 3 is 1.86 bits per heavy atom. The Labute approximate surface area is 256 Å². The summed E-state index contributed by atoms with van der Waals surface area (Å²) in [4.78, 5) is 2.36. The summed E-state index contributed by atoms with van der Waals surface area (Å²) in [6.07, 6.45) is 16.3. The van der Waals surface area contributed by atoms with Gasteiger partial charge in [-0.05, 0) is 74.7 Å². The number of likely N-dealkylation sites (N-methyl/N-ethyl adjacent to an activating group) is 1. The van der Waals surface area contributed by atoms with E-state index in [9.17, 15) is 5.26 Å². The van der Waals surface area contributed by atoms with Crippen molar-refractivity contribution in [2.45, 2.75) is 102 Å². The van der Waals surface area contributed by atoms with Crippen molar-refractivity contribution in [2.75, 3.05) is 48.6 Å². The lowest BCUT2D eigenvalue weighted by Gasteiger charge is -2.30. The van der Waals surface area contributed by atoms with Crippen molar-refractivity contribution < 1.29 is 18.9 Å². The van der Waals surface area contributed by atoms with Gasteiger partial charge in [0.15, 0.2) is 11.5 Å². The second-order valence-electron chi connectivity index (χ2n) is 11.5. The Morgan fingerprint density at radius 2 is 1.31 bits per heavy atom. The molecule has 6 nitrogen and oxygen atoms in total. The summed E-state index contributed by atoms with van der Waals surface area (Å²) in [5.74, 6) is 2.66. The van der Waals surface area contributed by atoms with Crippen molar-refractivity contribution in [3.63, 3.8) is 0 Å². The van der Waals surface area contributed by atoms with E-state index in [1.165, 1.54) is 56.9 Å². The van der Waals surface area contributed by atoms with Crippen molar-refractivity contribution in [1.29, 1.82) is 5.26 Å². The van der Waals surface area contributed by atoms with Gasteiger partial charge in [-0.25, -0.2) is 0 Å². The van der Waals surface area contributed by atoms with Gasteiger partial charge in [-0.15, -0.1) is 0 Å². The molecule has 0 saturated heterocycles. The summed E-state index contributed by atoms with van der Waals surface area (Å²) >= 11 is 0. The van der Waals surface area contributed by atoms with Crippen LogP contribution in [0.3, 0.4) is 0 Å². The standard InChI is InChI=1S/C36H56N2O4/c1-7-8-9-10-11-12-13-14-15-16-22-36(29-37,31-27-33(40-4)35(42-6)34(28-31)41-5)23-18-24-38(2)25-21-30-19-17-20-32(26-30)39-3/h17,19-20,26-28H,7-16,18,21-25H2,1-6H3. The molecule has 0 spiro atoms. The van der Waals surface area contributed by atoms with Gasteiger partial charge in [0.1, 0.15) is 5.75 Å². The molecule has 0 aliphatic carbocycles. The minimum atomic E-state index is -0.610. The molecule has 0 fully saturated rings. The van der Waals surface area contributed by atoms with Crippen LogP contribution in [-0.2, 0) is 11.8 Å². The van der Waals surface area contributed by atoms with Gasteiger partial charge in [0.05, 0.1) is 39.9 Å². The fraction of sp³-hybridized carbons (Fsp3) is 0.639. The Bertz CT molecular complexity index is 1040. The summed E-state index contributed by atoms with van der Waals surface area (Å²) < 4.78 is 22.3. The van der Waals surface area contributed by atoms with Gasteiger partial charge in [0.25, 0.3) is 0 Å². The molecule has 1 atom stereocenters. The first kappa shape index (κ1) is 35.3. The molecular formula is C36H56N2O4. The van der Waals surface area contributed by atoms with Crippen molar-refractivity contribution in [2.24, 2.45) is 0 Å². The summed E-state index contributed by atoms with van der Waals surface area (Å²) in [5.41, 5.74) is 1.61. The van der Waals surface area contributed by atoms with Crippen LogP contribution in [-0.4, -0.2) is 53.5 Å². The summed E-state index contributed by atoms with van der Waals surface area (Å²) in [6, 6.07) is 15.0. The normalized spacial score (nSPS) is 12.5. The van der Waals surface area contributed by atoms with Crippen LogP contribution in [0.5, 0.6) is 23.0 Å². The second kappa shape index (κ2) is 20.1. The molecule has 234 valence electrons. The highest BCUT2D eigenvalue weighted by atomic mass is 16.5. The van der Waals surface area contributed by atoms with Gasteiger partial charge in [-0.3, -0.25) is 0 Å². The highest BCUT2D eigenvalue weighted by Gasteiger charge is 2.34.